The van der Waals surface area contributed by atoms with Crippen molar-refractivity contribution in [3.05, 3.63) is 0 Å². The highest BCUT2D eigenvalue weighted by Gasteiger charge is 2.29. The number of hydrogen-bond acceptors (Lipinski definition) is 8. The van der Waals surface area contributed by atoms with Crippen LogP contribution < -0.4 is 38.9 Å². The van der Waals surface area contributed by atoms with Gasteiger partial charge in [0, 0.05) is 12.8 Å². The summed E-state index contributed by atoms with van der Waals surface area (Å²) in [7, 11) is 0. The van der Waals surface area contributed by atoms with Crippen LogP contribution in [0.2, 0.25) is 0 Å². The summed E-state index contributed by atoms with van der Waals surface area (Å²) >= 11 is 0. The second-order valence-electron chi connectivity index (χ2n) is 7.08. The third-order valence-electron chi connectivity index (χ3n) is 4.39. The average Bonchev–Trinajstić information content (AvgIpc) is 2.72. The molecule has 0 saturated carbocycles. The van der Waals surface area contributed by atoms with Gasteiger partial charge in [-0.05, 0) is 38.6 Å². The zero-order valence-electron chi connectivity index (χ0n) is 17.8. The van der Waals surface area contributed by atoms with Crippen LogP contribution in [-0.4, -0.2) is 71.8 Å². The molecule has 0 spiro atoms. The lowest BCUT2D eigenvalue weighted by atomic mass is 10.0. The summed E-state index contributed by atoms with van der Waals surface area (Å²) in [6.45, 7) is -0.0621. The highest BCUT2D eigenvalue weighted by atomic mass is 16.4. The topological polar surface area (TPSA) is 263 Å². The van der Waals surface area contributed by atoms with Crippen LogP contribution in [0.15, 0.2) is 0 Å². The lowest BCUT2D eigenvalue weighted by Crippen LogP contribution is -2.56. The van der Waals surface area contributed by atoms with Crippen molar-refractivity contribution >= 4 is 35.5 Å². The number of nitrogens with two attached hydrogens (primary N) is 4. The summed E-state index contributed by atoms with van der Waals surface area (Å²) in [4.78, 5) is 70.4. The summed E-state index contributed by atoms with van der Waals surface area (Å²) in [6, 6.07) is -3.74. The number of unbranched alkanes of at least 4 members (excludes halogenated alkanes) is 1. The number of aliphatic carboxylic acids is 1. The van der Waals surface area contributed by atoms with E-state index in [1.807, 2.05) is 0 Å². The summed E-state index contributed by atoms with van der Waals surface area (Å²) in [6.07, 6.45) is 0.287. The number of nitrogens with one attached hydrogen (secondary N) is 3. The minimum atomic E-state index is -1.40. The first-order valence-electron chi connectivity index (χ1n) is 10.1. The Balaban J connectivity index is 5.40. The molecule has 0 aliphatic heterocycles. The Kier molecular flexibility index (Phi) is 13.9. The molecule has 3 atom stereocenters. The molecule has 14 heteroatoms. The van der Waals surface area contributed by atoms with Crippen LogP contribution in [-0.2, 0) is 28.8 Å². The largest absolute Gasteiger partial charge is 0.480 e. The zero-order valence-corrected chi connectivity index (χ0v) is 17.8. The Morgan fingerprint density at radius 1 is 0.688 bits per heavy atom. The predicted octanol–water partition coefficient (Wildman–Crippen LogP) is -3.86. The highest BCUT2D eigenvalue weighted by Crippen LogP contribution is 2.06. The van der Waals surface area contributed by atoms with Gasteiger partial charge < -0.3 is 44.0 Å². The van der Waals surface area contributed by atoms with Gasteiger partial charge in [0.2, 0.25) is 29.5 Å². The summed E-state index contributed by atoms with van der Waals surface area (Å²) in [5.74, 6) is -5.03. The normalized spacial score (nSPS) is 13.3. The molecule has 32 heavy (non-hydrogen) atoms. The second-order valence-corrected chi connectivity index (χ2v) is 7.08. The molecule has 0 rings (SSSR count). The van der Waals surface area contributed by atoms with Crippen molar-refractivity contribution in [3.8, 4) is 0 Å². The van der Waals surface area contributed by atoms with Crippen molar-refractivity contribution in [2.75, 3.05) is 13.1 Å². The first-order chi connectivity index (χ1) is 15.0. The van der Waals surface area contributed by atoms with E-state index < -0.39 is 60.2 Å². The van der Waals surface area contributed by atoms with E-state index in [0.717, 1.165) is 0 Å². The molecule has 182 valence electrons. The van der Waals surface area contributed by atoms with E-state index in [9.17, 15) is 33.9 Å². The van der Waals surface area contributed by atoms with E-state index in [2.05, 4.69) is 16.0 Å². The molecular weight excluding hydrogens is 426 g/mol. The molecule has 0 fully saturated rings. The molecule has 0 heterocycles. The fourth-order valence-corrected chi connectivity index (χ4v) is 2.66. The van der Waals surface area contributed by atoms with Crippen LogP contribution in [0, 0.1) is 0 Å². The molecule has 0 radical (unpaired) electrons. The van der Waals surface area contributed by atoms with Gasteiger partial charge in [-0.2, -0.15) is 0 Å². The smallest absolute Gasteiger partial charge is 0.326 e. The van der Waals surface area contributed by atoms with Gasteiger partial charge in [0.05, 0.1) is 6.54 Å². The van der Waals surface area contributed by atoms with Gasteiger partial charge >= 0.3 is 5.97 Å². The molecule has 0 aliphatic rings. The van der Waals surface area contributed by atoms with E-state index in [4.69, 9.17) is 22.9 Å². The molecule has 5 amide bonds. The van der Waals surface area contributed by atoms with Crippen LogP contribution >= 0.6 is 0 Å². The number of carboxylic acid groups (broad SMARTS) is 1. The number of carboxylic acids is 1. The van der Waals surface area contributed by atoms with E-state index in [0.29, 0.717) is 19.4 Å². The maximum atomic E-state index is 12.7. The van der Waals surface area contributed by atoms with Gasteiger partial charge in [0.15, 0.2) is 0 Å². The van der Waals surface area contributed by atoms with E-state index >= 15 is 0 Å². The van der Waals surface area contributed by atoms with Crippen molar-refractivity contribution in [3.63, 3.8) is 0 Å². The lowest BCUT2D eigenvalue weighted by molar-refractivity contribution is -0.142. The first-order valence-corrected chi connectivity index (χ1v) is 10.1. The molecule has 0 aromatic carbocycles. The van der Waals surface area contributed by atoms with Crippen molar-refractivity contribution < 1.29 is 33.9 Å². The quantitative estimate of drug-likeness (QED) is 0.0987. The van der Waals surface area contributed by atoms with E-state index in [1.165, 1.54) is 0 Å². The van der Waals surface area contributed by atoms with Crippen LogP contribution in [0.5, 0.6) is 0 Å². The second kappa shape index (κ2) is 15.5. The fourth-order valence-electron chi connectivity index (χ4n) is 2.66. The molecule has 12 N–H and O–H groups in total. The maximum Gasteiger partial charge on any atom is 0.326 e. The molecule has 0 saturated heterocycles. The monoisotopic (exact) mass is 459 g/mol. The summed E-state index contributed by atoms with van der Waals surface area (Å²) in [5.41, 5.74) is 20.8. The Hall–Kier alpha value is -3.26. The van der Waals surface area contributed by atoms with Crippen LogP contribution in [0.4, 0.5) is 0 Å². The molecule has 3 unspecified atom stereocenters. The number of carbonyl (C=O) groups is 6. The Morgan fingerprint density at radius 3 is 1.59 bits per heavy atom. The van der Waals surface area contributed by atoms with Gasteiger partial charge in [0.1, 0.15) is 18.1 Å². The number of hydrogen-bond donors (Lipinski definition) is 8. The Bertz CT molecular complexity index is 687. The van der Waals surface area contributed by atoms with Crippen molar-refractivity contribution in [1.29, 1.82) is 0 Å². The molecule has 0 bridgehead atoms. The molecule has 0 aromatic rings. The van der Waals surface area contributed by atoms with Crippen LogP contribution in [0.1, 0.15) is 44.9 Å². The molecule has 0 aliphatic carbocycles. The minimum absolute atomic E-state index is 0.125. The standard InChI is InChI=1S/C18H33N7O7/c19-8-2-1-3-10(16(29)25-12(18(31)32)5-7-14(22)27)24-17(30)11(4-6-13(21)26)23-15(28)9-20/h10-12H,1-9,19-20H2,(H2,21,26)(H2,22,27)(H,23,28)(H,24,30)(H,25,29)(H,31,32). The maximum absolute atomic E-state index is 12.7. The highest BCUT2D eigenvalue weighted by molar-refractivity contribution is 5.94. The zero-order chi connectivity index (χ0) is 24.7. The summed E-state index contributed by atoms with van der Waals surface area (Å²) < 4.78 is 0. The third kappa shape index (κ3) is 12.4. The number of carbonyl (C=O) groups excluding carboxylic acids is 5. The minimum Gasteiger partial charge on any atom is -0.480 e. The van der Waals surface area contributed by atoms with Gasteiger partial charge in [0.25, 0.3) is 0 Å². The van der Waals surface area contributed by atoms with Gasteiger partial charge in [-0.1, -0.05) is 0 Å². The van der Waals surface area contributed by atoms with Gasteiger partial charge in [-0.3, -0.25) is 24.0 Å². The average molecular weight is 460 g/mol. The number of rotatable bonds is 17. The van der Waals surface area contributed by atoms with E-state index in [1.54, 1.807) is 0 Å². The number of amides is 5. The van der Waals surface area contributed by atoms with Crippen molar-refractivity contribution in [2.24, 2.45) is 22.9 Å². The first kappa shape index (κ1) is 28.7. The van der Waals surface area contributed by atoms with Crippen LogP contribution in [0.25, 0.3) is 0 Å². The predicted molar refractivity (Wildman–Crippen MR) is 112 cm³/mol. The van der Waals surface area contributed by atoms with Gasteiger partial charge in [-0.25, -0.2) is 4.79 Å². The molecular formula is C18H33N7O7. The lowest BCUT2D eigenvalue weighted by Gasteiger charge is -2.24. The van der Waals surface area contributed by atoms with E-state index in [-0.39, 0.29) is 32.1 Å². The third-order valence-corrected chi connectivity index (χ3v) is 4.39. The molecule has 0 aromatic heterocycles. The van der Waals surface area contributed by atoms with Crippen molar-refractivity contribution in [1.82, 2.24) is 16.0 Å². The van der Waals surface area contributed by atoms with Crippen LogP contribution in [0.3, 0.4) is 0 Å². The number of primary amides is 2. The summed E-state index contributed by atoms with van der Waals surface area (Å²) in [5, 5.41) is 16.3. The Labute approximate surface area is 185 Å². The molecule has 14 nitrogen and oxygen atoms in total. The Morgan fingerprint density at radius 2 is 1.16 bits per heavy atom. The van der Waals surface area contributed by atoms with Crippen molar-refractivity contribution in [2.45, 2.75) is 63.1 Å². The van der Waals surface area contributed by atoms with Gasteiger partial charge in [-0.15, -0.1) is 0 Å². The SMILES string of the molecule is NCCCCC(NC(=O)C(CCC(N)=O)NC(=O)CN)C(=O)NC(CCC(N)=O)C(=O)O. The fraction of sp³-hybridized carbons (Fsp3) is 0.667.